The molecule has 1 aromatic heterocycles. The third-order valence-corrected chi connectivity index (χ3v) is 6.56. The summed E-state index contributed by atoms with van der Waals surface area (Å²) in [5.41, 5.74) is 0. The van der Waals surface area contributed by atoms with Crippen molar-refractivity contribution in [1.29, 1.82) is 0 Å². The minimum absolute atomic E-state index is 0.0406. The molecule has 4 rings (SSSR count). The summed E-state index contributed by atoms with van der Waals surface area (Å²) >= 11 is 0. The summed E-state index contributed by atoms with van der Waals surface area (Å²) in [6.45, 7) is 4.34. The molecule has 1 aromatic carbocycles. The van der Waals surface area contributed by atoms with Gasteiger partial charge in [0.2, 0.25) is 21.9 Å². The predicted molar refractivity (Wildman–Crippen MR) is 111 cm³/mol. The van der Waals surface area contributed by atoms with Crippen LogP contribution in [-0.2, 0) is 21.3 Å². The number of methoxy groups -OCH3 is 1. The maximum atomic E-state index is 12.8. The monoisotopic (exact) mass is 434 g/mol. The zero-order valence-electron chi connectivity index (χ0n) is 17.0. The van der Waals surface area contributed by atoms with Crippen LogP contribution >= 0.6 is 0 Å². The molecule has 11 heteroatoms. The molecule has 2 fully saturated rings. The van der Waals surface area contributed by atoms with Crippen LogP contribution in [0.4, 0.5) is 11.9 Å². The van der Waals surface area contributed by atoms with Gasteiger partial charge in [-0.1, -0.05) is 12.1 Å². The first-order chi connectivity index (χ1) is 14.6. The Hall–Kier alpha value is -2.50. The molecule has 0 aliphatic carbocycles. The van der Waals surface area contributed by atoms with Crippen LogP contribution < -0.4 is 19.3 Å². The van der Waals surface area contributed by atoms with Crippen LogP contribution in [0.3, 0.4) is 0 Å². The van der Waals surface area contributed by atoms with Gasteiger partial charge in [-0.2, -0.15) is 15.0 Å². The van der Waals surface area contributed by atoms with Crippen LogP contribution in [0.15, 0.2) is 29.2 Å². The van der Waals surface area contributed by atoms with Gasteiger partial charge in [0.25, 0.3) is 0 Å². The first-order valence-electron chi connectivity index (χ1n) is 10.0. The minimum atomic E-state index is -3.79. The molecular formula is C19H26N6O4S. The van der Waals surface area contributed by atoms with E-state index in [1.54, 1.807) is 18.2 Å². The van der Waals surface area contributed by atoms with Gasteiger partial charge in [-0.05, 0) is 25.0 Å². The van der Waals surface area contributed by atoms with Gasteiger partial charge < -0.3 is 19.3 Å². The van der Waals surface area contributed by atoms with Crippen LogP contribution in [0, 0.1) is 0 Å². The van der Waals surface area contributed by atoms with E-state index in [9.17, 15) is 8.42 Å². The molecule has 2 saturated heterocycles. The molecule has 3 heterocycles. The largest absolute Gasteiger partial charge is 0.495 e. The normalized spacial score (nSPS) is 17.4. The number of morpholine rings is 1. The first-order valence-corrected chi connectivity index (χ1v) is 11.5. The van der Waals surface area contributed by atoms with E-state index in [0.29, 0.717) is 44.0 Å². The molecule has 0 unspecified atom stereocenters. The third kappa shape index (κ3) is 4.63. The molecule has 0 radical (unpaired) electrons. The number of rotatable bonds is 7. The standard InChI is InChI=1S/C19H26N6O4S/c1-28-15-6-2-3-7-16(15)30(26,27)20-14-17-21-18(24-8-4-5-9-24)23-19(22-17)25-10-12-29-13-11-25/h2-3,6-7,20H,4-5,8-14H2,1H3. The van der Waals surface area contributed by atoms with Gasteiger partial charge >= 0.3 is 0 Å². The molecule has 0 spiro atoms. The van der Waals surface area contributed by atoms with Gasteiger partial charge in [-0.15, -0.1) is 0 Å². The number of benzene rings is 1. The van der Waals surface area contributed by atoms with Crippen LogP contribution in [-0.4, -0.2) is 69.9 Å². The van der Waals surface area contributed by atoms with E-state index in [-0.39, 0.29) is 17.2 Å². The van der Waals surface area contributed by atoms with Crippen molar-refractivity contribution in [2.45, 2.75) is 24.3 Å². The minimum Gasteiger partial charge on any atom is -0.495 e. The highest BCUT2D eigenvalue weighted by atomic mass is 32.2. The smallest absolute Gasteiger partial charge is 0.244 e. The lowest BCUT2D eigenvalue weighted by atomic mass is 10.3. The van der Waals surface area contributed by atoms with Crippen molar-refractivity contribution in [1.82, 2.24) is 19.7 Å². The van der Waals surface area contributed by atoms with E-state index < -0.39 is 10.0 Å². The van der Waals surface area contributed by atoms with Gasteiger partial charge in [0.05, 0.1) is 26.9 Å². The lowest BCUT2D eigenvalue weighted by Gasteiger charge is -2.28. The third-order valence-electron chi connectivity index (χ3n) is 5.12. The summed E-state index contributed by atoms with van der Waals surface area (Å²) < 4.78 is 38.8. The summed E-state index contributed by atoms with van der Waals surface area (Å²) in [6, 6.07) is 6.49. The first kappa shape index (κ1) is 20.8. The highest BCUT2D eigenvalue weighted by Crippen LogP contribution is 2.23. The van der Waals surface area contributed by atoms with E-state index in [4.69, 9.17) is 9.47 Å². The molecular weight excluding hydrogens is 408 g/mol. The number of aromatic nitrogens is 3. The molecule has 0 bridgehead atoms. The topological polar surface area (TPSA) is 110 Å². The second-order valence-corrected chi connectivity index (χ2v) is 8.86. The van der Waals surface area contributed by atoms with Crippen molar-refractivity contribution >= 4 is 21.9 Å². The number of hydrogen-bond acceptors (Lipinski definition) is 9. The SMILES string of the molecule is COc1ccccc1S(=O)(=O)NCc1nc(N2CCCC2)nc(N2CCOCC2)n1. The predicted octanol–water partition coefficient (Wildman–Crippen LogP) is 0.796. The molecule has 0 saturated carbocycles. The molecule has 2 aliphatic heterocycles. The van der Waals surface area contributed by atoms with E-state index >= 15 is 0 Å². The van der Waals surface area contributed by atoms with Crippen molar-refractivity contribution in [3.63, 3.8) is 0 Å². The van der Waals surface area contributed by atoms with Gasteiger partial charge in [-0.3, -0.25) is 0 Å². The maximum Gasteiger partial charge on any atom is 0.244 e. The van der Waals surface area contributed by atoms with Crippen molar-refractivity contribution in [3.05, 3.63) is 30.1 Å². The maximum absolute atomic E-state index is 12.8. The summed E-state index contributed by atoms with van der Waals surface area (Å²) in [5, 5.41) is 0. The summed E-state index contributed by atoms with van der Waals surface area (Å²) in [6.07, 6.45) is 2.18. The molecule has 0 atom stereocenters. The Morgan fingerprint density at radius 3 is 2.30 bits per heavy atom. The highest BCUT2D eigenvalue weighted by molar-refractivity contribution is 7.89. The van der Waals surface area contributed by atoms with Crippen molar-refractivity contribution in [2.75, 3.05) is 56.3 Å². The molecule has 2 aromatic rings. The quantitative estimate of drug-likeness (QED) is 0.676. The van der Waals surface area contributed by atoms with Crippen molar-refractivity contribution in [2.24, 2.45) is 0 Å². The zero-order valence-corrected chi connectivity index (χ0v) is 17.8. The number of ether oxygens (including phenoxy) is 2. The van der Waals surface area contributed by atoms with Gasteiger partial charge in [0.15, 0.2) is 5.82 Å². The molecule has 0 amide bonds. The second kappa shape index (κ2) is 9.11. The van der Waals surface area contributed by atoms with E-state index in [0.717, 1.165) is 25.9 Å². The molecule has 162 valence electrons. The van der Waals surface area contributed by atoms with Gasteiger partial charge in [-0.25, -0.2) is 13.1 Å². The average molecular weight is 435 g/mol. The van der Waals surface area contributed by atoms with E-state index in [2.05, 4.69) is 24.6 Å². The zero-order chi connectivity index (χ0) is 21.0. The van der Waals surface area contributed by atoms with Gasteiger partial charge in [0.1, 0.15) is 10.6 Å². The Morgan fingerprint density at radius 1 is 1.00 bits per heavy atom. The summed E-state index contributed by atoms with van der Waals surface area (Å²) in [7, 11) is -2.35. The highest BCUT2D eigenvalue weighted by Gasteiger charge is 2.23. The van der Waals surface area contributed by atoms with Crippen LogP contribution in [0.1, 0.15) is 18.7 Å². The van der Waals surface area contributed by atoms with Crippen LogP contribution in [0.5, 0.6) is 5.75 Å². The van der Waals surface area contributed by atoms with Crippen molar-refractivity contribution < 1.29 is 17.9 Å². The fourth-order valence-electron chi connectivity index (χ4n) is 3.52. The summed E-state index contributed by atoms with van der Waals surface area (Å²) in [4.78, 5) is 18.0. The Bertz CT molecular complexity index is 975. The second-order valence-electron chi connectivity index (χ2n) is 7.12. The lowest BCUT2D eigenvalue weighted by molar-refractivity contribution is 0.122. The molecule has 2 aliphatic rings. The number of nitrogens with zero attached hydrogens (tertiary/aromatic N) is 5. The lowest BCUT2D eigenvalue weighted by Crippen LogP contribution is -2.38. The Morgan fingerprint density at radius 2 is 1.63 bits per heavy atom. The van der Waals surface area contributed by atoms with Crippen molar-refractivity contribution in [3.8, 4) is 5.75 Å². The van der Waals surface area contributed by atoms with Crippen LogP contribution in [0.2, 0.25) is 0 Å². The fourth-order valence-corrected chi connectivity index (χ4v) is 4.66. The fraction of sp³-hybridized carbons (Fsp3) is 0.526. The van der Waals surface area contributed by atoms with Gasteiger partial charge in [0, 0.05) is 26.2 Å². The summed E-state index contributed by atoms with van der Waals surface area (Å²) in [5.74, 6) is 1.82. The Balaban J connectivity index is 1.58. The molecule has 30 heavy (non-hydrogen) atoms. The average Bonchev–Trinajstić information content (AvgIpc) is 3.33. The number of sulfonamides is 1. The Kier molecular flexibility index (Phi) is 6.30. The van der Waals surface area contributed by atoms with E-state index in [1.807, 2.05) is 4.90 Å². The number of nitrogens with one attached hydrogen (secondary N) is 1. The number of hydrogen-bond donors (Lipinski definition) is 1. The van der Waals surface area contributed by atoms with Crippen LogP contribution in [0.25, 0.3) is 0 Å². The number of para-hydroxylation sites is 1. The molecule has 10 nitrogen and oxygen atoms in total. The number of anilines is 2. The molecule has 1 N–H and O–H groups in total. The van der Waals surface area contributed by atoms with E-state index in [1.165, 1.54) is 13.2 Å². The Labute approximate surface area is 176 Å².